The predicted octanol–water partition coefficient (Wildman–Crippen LogP) is 3.32. The molecule has 0 aliphatic carbocycles. The lowest BCUT2D eigenvalue weighted by Gasteiger charge is -2.27. The summed E-state index contributed by atoms with van der Waals surface area (Å²) in [5.41, 5.74) is 2.03. The zero-order valence-electron chi connectivity index (χ0n) is 14.2. The van der Waals surface area contributed by atoms with E-state index in [0.717, 1.165) is 48.9 Å². The van der Waals surface area contributed by atoms with E-state index in [2.05, 4.69) is 4.90 Å². The van der Waals surface area contributed by atoms with Crippen molar-refractivity contribution in [3.05, 3.63) is 40.7 Å². The fourth-order valence-corrected chi connectivity index (χ4v) is 4.67. The lowest BCUT2D eigenvalue weighted by Crippen LogP contribution is -2.37. The Bertz CT molecular complexity index is 753. The second-order valence-corrected chi connectivity index (χ2v) is 7.84. The zero-order chi connectivity index (χ0) is 17.2. The van der Waals surface area contributed by atoms with Crippen molar-refractivity contribution in [2.75, 3.05) is 26.2 Å². The van der Waals surface area contributed by atoms with E-state index in [-0.39, 0.29) is 11.7 Å². The van der Waals surface area contributed by atoms with E-state index in [4.69, 9.17) is 4.98 Å². The Morgan fingerprint density at radius 2 is 1.92 bits per heavy atom. The molecule has 0 saturated carbocycles. The summed E-state index contributed by atoms with van der Waals surface area (Å²) in [7, 11) is 0. The summed E-state index contributed by atoms with van der Waals surface area (Å²) in [6.45, 7) is 4.55. The van der Waals surface area contributed by atoms with E-state index in [9.17, 15) is 9.18 Å². The first-order chi connectivity index (χ1) is 12.2. The van der Waals surface area contributed by atoms with Gasteiger partial charge in [-0.3, -0.25) is 4.79 Å². The number of carbonyl (C=O) groups is 1. The number of carbonyl (C=O) groups excluding carboxylic acids is 1. The molecular weight excluding hydrogens is 337 g/mol. The Morgan fingerprint density at radius 1 is 1.16 bits per heavy atom. The molecule has 1 aromatic heterocycles. The maximum atomic E-state index is 13.1. The van der Waals surface area contributed by atoms with Crippen LogP contribution in [0.15, 0.2) is 24.3 Å². The number of likely N-dealkylation sites (tertiary alicyclic amines) is 1. The van der Waals surface area contributed by atoms with Gasteiger partial charge in [0.25, 0.3) is 0 Å². The standard InChI is InChI=1S/C19H22FN3OS/c20-15-5-3-14(4-6-15)19-21-16-7-12-23(13-17(16)25-19)18(24)8-11-22-9-1-2-10-22/h3-6H,1-2,7-13H2. The minimum atomic E-state index is -0.236. The molecule has 4 rings (SSSR count). The molecular formula is C19H22FN3OS. The summed E-state index contributed by atoms with van der Waals surface area (Å²) >= 11 is 1.62. The quantitative estimate of drug-likeness (QED) is 0.840. The minimum Gasteiger partial charge on any atom is -0.337 e. The molecule has 6 heteroatoms. The SMILES string of the molecule is O=C(CCN1CCCC1)N1CCc2nc(-c3ccc(F)cc3)sc2C1. The van der Waals surface area contributed by atoms with Gasteiger partial charge in [-0.2, -0.15) is 0 Å². The van der Waals surface area contributed by atoms with Crippen LogP contribution < -0.4 is 0 Å². The molecule has 4 nitrogen and oxygen atoms in total. The van der Waals surface area contributed by atoms with Crippen LogP contribution in [0.25, 0.3) is 10.6 Å². The first-order valence-corrected chi connectivity index (χ1v) is 9.75. The van der Waals surface area contributed by atoms with E-state index in [0.29, 0.717) is 13.0 Å². The highest BCUT2D eigenvalue weighted by Gasteiger charge is 2.25. The van der Waals surface area contributed by atoms with Gasteiger partial charge in [-0.05, 0) is 50.2 Å². The molecule has 1 amide bonds. The zero-order valence-corrected chi connectivity index (χ0v) is 15.0. The summed E-state index contributed by atoms with van der Waals surface area (Å²) in [5, 5.41) is 0.913. The van der Waals surface area contributed by atoms with Crippen LogP contribution in [0.3, 0.4) is 0 Å². The number of thiazole rings is 1. The molecule has 0 radical (unpaired) electrons. The van der Waals surface area contributed by atoms with Crippen molar-refractivity contribution < 1.29 is 9.18 Å². The van der Waals surface area contributed by atoms with Gasteiger partial charge in [-0.15, -0.1) is 11.3 Å². The molecule has 0 unspecified atom stereocenters. The average molecular weight is 359 g/mol. The van der Waals surface area contributed by atoms with Crippen molar-refractivity contribution >= 4 is 17.2 Å². The lowest BCUT2D eigenvalue weighted by atomic mass is 10.1. The molecule has 0 spiro atoms. The topological polar surface area (TPSA) is 36.4 Å². The van der Waals surface area contributed by atoms with Gasteiger partial charge in [0.15, 0.2) is 0 Å². The number of benzene rings is 1. The monoisotopic (exact) mass is 359 g/mol. The third kappa shape index (κ3) is 3.75. The minimum absolute atomic E-state index is 0.236. The fourth-order valence-electron chi connectivity index (χ4n) is 3.54. The third-order valence-corrected chi connectivity index (χ3v) is 6.15. The van der Waals surface area contributed by atoms with Crippen molar-refractivity contribution in [3.8, 4) is 10.6 Å². The van der Waals surface area contributed by atoms with Crippen molar-refractivity contribution in [1.82, 2.24) is 14.8 Å². The van der Waals surface area contributed by atoms with Gasteiger partial charge in [0, 0.05) is 36.4 Å². The van der Waals surface area contributed by atoms with E-state index in [1.165, 1.54) is 29.9 Å². The molecule has 1 fully saturated rings. The largest absolute Gasteiger partial charge is 0.337 e. The van der Waals surface area contributed by atoms with Crippen LogP contribution in [0, 0.1) is 5.82 Å². The molecule has 132 valence electrons. The summed E-state index contributed by atoms with van der Waals surface area (Å²) in [4.78, 5) is 22.7. The van der Waals surface area contributed by atoms with Gasteiger partial charge in [0.1, 0.15) is 10.8 Å². The number of hydrogen-bond donors (Lipinski definition) is 0. The Balaban J connectivity index is 1.40. The van der Waals surface area contributed by atoms with Crippen LogP contribution in [-0.4, -0.2) is 46.9 Å². The third-order valence-electron chi connectivity index (χ3n) is 5.02. The fraction of sp³-hybridized carbons (Fsp3) is 0.474. The molecule has 25 heavy (non-hydrogen) atoms. The molecule has 1 aromatic carbocycles. The van der Waals surface area contributed by atoms with Crippen LogP contribution in [0.2, 0.25) is 0 Å². The molecule has 0 bridgehead atoms. The van der Waals surface area contributed by atoms with Crippen molar-refractivity contribution in [2.24, 2.45) is 0 Å². The number of nitrogens with zero attached hydrogens (tertiary/aromatic N) is 3. The highest BCUT2D eigenvalue weighted by Crippen LogP contribution is 2.32. The van der Waals surface area contributed by atoms with Gasteiger partial charge in [0.2, 0.25) is 5.91 Å². The van der Waals surface area contributed by atoms with Crippen molar-refractivity contribution in [1.29, 1.82) is 0 Å². The molecule has 2 aliphatic rings. The highest BCUT2D eigenvalue weighted by atomic mass is 32.1. The van der Waals surface area contributed by atoms with E-state index in [1.807, 2.05) is 4.90 Å². The van der Waals surface area contributed by atoms with E-state index in [1.54, 1.807) is 23.5 Å². The first kappa shape index (κ1) is 16.7. The van der Waals surface area contributed by atoms with Crippen molar-refractivity contribution in [3.63, 3.8) is 0 Å². The molecule has 0 N–H and O–H groups in total. The lowest BCUT2D eigenvalue weighted by molar-refractivity contribution is -0.132. The second kappa shape index (κ2) is 7.22. The summed E-state index contributed by atoms with van der Waals surface area (Å²) in [5.74, 6) is 0.00845. The molecule has 2 aliphatic heterocycles. The molecule has 2 aromatic rings. The second-order valence-electron chi connectivity index (χ2n) is 6.76. The number of fused-ring (bicyclic) bond motifs is 1. The summed E-state index contributed by atoms with van der Waals surface area (Å²) in [6.07, 6.45) is 3.93. The number of halogens is 1. The Labute approximate surface area is 151 Å². The van der Waals surface area contributed by atoms with E-state index >= 15 is 0 Å². The van der Waals surface area contributed by atoms with Gasteiger partial charge >= 0.3 is 0 Å². The highest BCUT2D eigenvalue weighted by molar-refractivity contribution is 7.15. The van der Waals surface area contributed by atoms with Crippen LogP contribution in [0.5, 0.6) is 0 Å². The smallest absolute Gasteiger partial charge is 0.224 e. The Kier molecular flexibility index (Phi) is 4.81. The molecule has 3 heterocycles. The summed E-state index contributed by atoms with van der Waals surface area (Å²) < 4.78 is 13.1. The summed E-state index contributed by atoms with van der Waals surface area (Å²) in [6, 6.07) is 6.45. The number of amides is 1. The van der Waals surface area contributed by atoms with Gasteiger partial charge in [-0.1, -0.05) is 0 Å². The molecule has 1 saturated heterocycles. The molecule has 0 atom stereocenters. The maximum absolute atomic E-state index is 13.1. The van der Waals surface area contributed by atoms with Crippen LogP contribution in [0.4, 0.5) is 4.39 Å². The average Bonchev–Trinajstić information content (AvgIpc) is 3.29. The normalized spacial score (nSPS) is 17.7. The van der Waals surface area contributed by atoms with Crippen LogP contribution >= 0.6 is 11.3 Å². The van der Waals surface area contributed by atoms with E-state index < -0.39 is 0 Å². The van der Waals surface area contributed by atoms with Crippen molar-refractivity contribution in [2.45, 2.75) is 32.2 Å². The number of rotatable bonds is 4. The van der Waals surface area contributed by atoms with Gasteiger partial charge in [0.05, 0.1) is 12.2 Å². The van der Waals surface area contributed by atoms with Crippen LogP contribution in [-0.2, 0) is 17.8 Å². The Hall–Kier alpha value is -1.79. The first-order valence-electron chi connectivity index (χ1n) is 8.94. The maximum Gasteiger partial charge on any atom is 0.224 e. The van der Waals surface area contributed by atoms with Crippen LogP contribution in [0.1, 0.15) is 29.8 Å². The Morgan fingerprint density at radius 3 is 2.68 bits per heavy atom. The predicted molar refractivity (Wildman–Crippen MR) is 96.9 cm³/mol. The number of aromatic nitrogens is 1. The number of hydrogen-bond acceptors (Lipinski definition) is 4. The van der Waals surface area contributed by atoms with Gasteiger partial charge < -0.3 is 9.80 Å². The van der Waals surface area contributed by atoms with Gasteiger partial charge in [-0.25, -0.2) is 9.37 Å².